The Labute approximate surface area is 108 Å². The molecule has 0 aliphatic heterocycles. The molecule has 0 bridgehead atoms. The monoisotopic (exact) mass is 247 g/mol. The summed E-state index contributed by atoms with van der Waals surface area (Å²) in [6, 6.07) is 6.20. The topological polar surface area (TPSA) is 12.9 Å². The highest BCUT2D eigenvalue weighted by molar-refractivity contribution is 6.35. The van der Waals surface area contributed by atoms with E-state index in [1.54, 1.807) is 0 Å². The molecule has 0 spiro atoms. The molecule has 0 N–H and O–H groups in total. The first-order chi connectivity index (χ1) is 7.80. The number of fused-ring (bicyclic) bond motifs is 1. The second kappa shape index (κ2) is 3.99. The van der Waals surface area contributed by atoms with Crippen LogP contribution in [0.15, 0.2) is 18.2 Å². The number of nitrogens with zero attached hydrogens (tertiary/aromatic N) is 1. The molecule has 17 heavy (non-hydrogen) atoms. The van der Waals surface area contributed by atoms with Crippen molar-refractivity contribution in [1.82, 2.24) is 4.98 Å². The van der Waals surface area contributed by atoms with Crippen LogP contribution in [0.25, 0.3) is 10.9 Å². The summed E-state index contributed by atoms with van der Waals surface area (Å²) in [6.07, 6.45) is 0. The molecule has 1 aromatic heterocycles. The molecule has 0 aliphatic rings. The number of aryl methyl sites for hydroxylation is 2. The van der Waals surface area contributed by atoms with Crippen molar-refractivity contribution >= 4 is 22.5 Å². The van der Waals surface area contributed by atoms with Crippen LogP contribution in [0.5, 0.6) is 0 Å². The third kappa shape index (κ3) is 2.16. The second-order valence-corrected chi connectivity index (χ2v) is 6.07. The molecule has 0 fully saturated rings. The van der Waals surface area contributed by atoms with Gasteiger partial charge in [0.05, 0.1) is 10.5 Å². The molecule has 1 heterocycles. The van der Waals surface area contributed by atoms with Crippen LogP contribution in [0.1, 0.15) is 37.6 Å². The van der Waals surface area contributed by atoms with E-state index in [0.717, 1.165) is 21.6 Å². The highest BCUT2D eigenvalue weighted by atomic mass is 35.5. The van der Waals surface area contributed by atoms with Gasteiger partial charge in [-0.1, -0.05) is 44.5 Å². The molecule has 2 aromatic rings. The minimum atomic E-state index is 0.0218. The molecule has 0 saturated carbocycles. The first kappa shape index (κ1) is 12.4. The summed E-state index contributed by atoms with van der Waals surface area (Å²) in [5.41, 5.74) is 4.46. The lowest BCUT2D eigenvalue weighted by molar-refractivity contribution is 0.571. The Balaban J connectivity index is 2.87. The van der Waals surface area contributed by atoms with Crippen molar-refractivity contribution in [2.75, 3.05) is 0 Å². The number of hydrogen-bond acceptors (Lipinski definition) is 1. The zero-order valence-electron chi connectivity index (χ0n) is 11.1. The van der Waals surface area contributed by atoms with Gasteiger partial charge in [0, 0.05) is 16.5 Å². The fraction of sp³-hybridized carbons (Fsp3) is 0.400. The summed E-state index contributed by atoms with van der Waals surface area (Å²) in [7, 11) is 0. The lowest BCUT2D eigenvalue weighted by Crippen LogP contribution is -2.13. The molecule has 0 amide bonds. The van der Waals surface area contributed by atoms with E-state index in [0.29, 0.717) is 0 Å². The van der Waals surface area contributed by atoms with E-state index in [9.17, 15) is 0 Å². The smallest absolute Gasteiger partial charge is 0.0752 e. The highest BCUT2D eigenvalue weighted by Gasteiger charge is 2.18. The van der Waals surface area contributed by atoms with E-state index < -0.39 is 0 Å². The Hall–Kier alpha value is -1.08. The molecule has 1 aromatic carbocycles. The van der Waals surface area contributed by atoms with Crippen molar-refractivity contribution in [2.24, 2.45) is 0 Å². The van der Waals surface area contributed by atoms with Crippen molar-refractivity contribution in [2.45, 2.75) is 40.0 Å². The van der Waals surface area contributed by atoms with Crippen LogP contribution >= 0.6 is 11.6 Å². The van der Waals surface area contributed by atoms with Crippen molar-refractivity contribution < 1.29 is 0 Å². The Kier molecular flexibility index (Phi) is 2.90. The molecule has 0 aliphatic carbocycles. The van der Waals surface area contributed by atoms with Crippen molar-refractivity contribution in [3.63, 3.8) is 0 Å². The number of aromatic nitrogens is 1. The third-order valence-electron chi connectivity index (χ3n) is 3.09. The van der Waals surface area contributed by atoms with E-state index in [4.69, 9.17) is 16.6 Å². The maximum atomic E-state index is 6.41. The maximum absolute atomic E-state index is 6.41. The normalized spacial score (nSPS) is 12.1. The number of halogens is 1. The lowest BCUT2D eigenvalue weighted by atomic mass is 9.90. The molecule has 0 unspecified atom stereocenters. The SMILES string of the molecule is Cc1ccc(C)c2c(Cl)cc(C(C)(C)C)nc12. The van der Waals surface area contributed by atoms with Crippen molar-refractivity contribution in [3.8, 4) is 0 Å². The molecule has 0 atom stereocenters. The van der Waals surface area contributed by atoms with Crippen LogP contribution in [0.4, 0.5) is 0 Å². The third-order valence-corrected chi connectivity index (χ3v) is 3.39. The Morgan fingerprint density at radius 3 is 2.24 bits per heavy atom. The largest absolute Gasteiger partial charge is 0.252 e. The van der Waals surface area contributed by atoms with Gasteiger partial charge in [0.1, 0.15) is 0 Å². The average molecular weight is 248 g/mol. The van der Waals surface area contributed by atoms with Gasteiger partial charge in [0.15, 0.2) is 0 Å². The first-order valence-corrected chi connectivity index (χ1v) is 6.25. The van der Waals surface area contributed by atoms with Gasteiger partial charge in [0.25, 0.3) is 0 Å². The van der Waals surface area contributed by atoms with E-state index in [-0.39, 0.29) is 5.41 Å². The predicted molar refractivity (Wildman–Crippen MR) is 74.9 cm³/mol. The number of hydrogen-bond donors (Lipinski definition) is 0. The number of rotatable bonds is 0. The summed E-state index contributed by atoms with van der Waals surface area (Å²) in [4.78, 5) is 4.78. The lowest BCUT2D eigenvalue weighted by Gasteiger charge is -2.19. The standard InChI is InChI=1S/C15H18ClN/c1-9-6-7-10(2)14-13(9)11(16)8-12(17-14)15(3,4)5/h6-8H,1-5H3. The minimum Gasteiger partial charge on any atom is -0.252 e. The number of pyridine rings is 1. The summed E-state index contributed by atoms with van der Waals surface area (Å²) in [5, 5.41) is 1.89. The van der Waals surface area contributed by atoms with Crippen LogP contribution in [-0.4, -0.2) is 4.98 Å². The average Bonchev–Trinajstić information content (AvgIpc) is 2.21. The number of benzene rings is 1. The van der Waals surface area contributed by atoms with Gasteiger partial charge in [-0.3, -0.25) is 4.98 Å². The summed E-state index contributed by atoms with van der Waals surface area (Å²) >= 11 is 6.41. The van der Waals surface area contributed by atoms with Gasteiger partial charge in [-0.25, -0.2) is 0 Å². The first-order valence-electron chi connectivity index (χ1n) is 5.87. The van der Waals surface area contributed by atoms with Crippen LogP contribution in [-0.2, 0) is 5.41 Å². The van der Waals surface area contributed by atoms with Crippen LogP contribution < -0.4 is 0 Å². The van der Waals surface area contributed by atoms with Gasteiger partial charge < -0.3 is 0 Å². The molecular weight excluding hydrogens is 230 g/mol. The zero-order chi connectivity index (χ0) is 12.8. The molecule has 1 nitrogen and oxygen atoms in total. The fourth-order valence-corrected chi connectivity index (χ4v) is 2.31. The second-order valence-electron chi connectivity index (χ2n) is 5.66. The molecule has 0 saturated heterocycles. The maximum Gasteiger partial charge on any atom is 0.0752 e. The van der Waals surface area contributed by atoms with E-state index in [1.165, 1.54) is 11.1 Å². The Morgan fingerprint density at radius 1 is 1.06 bits per heavy atom. The van der Waals surface area contributed by atoms with E-state index in [2.05, 4.69) is 46.8 Å². The van der Waals surface area contributed by atoms with E-state index in [1.807, 2.05) is 6.07 Å². The van der Waals surface area contributed by atoms with Crippen LogP contribution in [0, 0.1) is 13.8 Å². The predicted octanol–water partition coefficient (Wildman–Crippen LogP) is 4.80. The molecule has 0 radical (unpaired) electrons. The van der Waals surface area contributed by atoms with Crippen LogP contribution in [0.2, 0.25) is 5.02 Å². The Morgan fingerprint density at radius 2 is 1.65 bits per heavy atom. The highest BCUT2D eigenvalue weighted by Crippen LogP contribution is 2.32. The molecule has 90 valence electrons. The summed E-state index contributed by atoms with van der Waals surface area (Å²) in [5.74, 6) is 0. The van der Waals surface area contributed by atoms with Gasteiger partial charge in [-0.15, -0.1) is 0 Å². The van der Waals surface area contributed by atoms with Crippen molar-refractivity contribution in [1.29, 1.82) is 0 Å². The minimum absolute atomic E-state index is 0.0218. The summed E-state index contributed by atoms with van der Waals surface area (Å²) < 4.78 is 0. The summed E-state index contributed by atoms with van der Waals surface area (Å²) in [6.45, 7) is 10.6. The van der Waals surface area contributed by atoms with Gasteiger partial charge in [-0.05, 0) is 31.0 Å². The van der Waals surface area contributed by atoms with Gasteiger partial charge in [0.2, 0.25) is 0 Å². The Bertz CT molecular complexity index is 579. The quantitative estimate of drug-likeness (QED) is 0.652. The van der Waals surface area contributed by atoms with E-state index >= 15 is 0 Å². The van der Waals surface area contributed by atoms with Crippen LogP contribution in [0.3, 0.4) is 0 Å². The molecular formula is C15H18ClN. The zero-order valence-corrected chi connectivity index (χ0v) is 11.8. The molecule has 2 heteroatoms. The molecule has 2 rings (SSSR count). The van der Waals surface area contributed by atoms with Gasteiger partial charge >= 0.3 is 0 Å². The van der Waals surface area contributed by atoms with Gasteiger partial charge in [-0.2, -0.15) is 0 Å². The van der Waals surface area contributed by atoms with Crippen molar-refractivity contribution in [3.05, 3.63) is 40.0 Å². The fourth-order valence-electron chi connectivity index (χ4n) is 1.97.